The van der Waals surface area contributed by atoms with Crippen molar-refractivity contribution in [3.63, 3.8) is 0 Å². The number of rotatable bonds is 4. The first-order valence-corrected chi connectivity index (χ1v) is 8.18. The van der Waals surface area contributed by atoms with E-state index in [9.17, 15) is 0 Å². The fourth-order valence-corrected chi connectivity index (χ4v) is 3.90. The van der Waals surface area contributed by atoms with Gasteiger partial charge in [-0.15, -0.1) is 0 Å². The Balaban J connectivity index is 1.98. The average molecular weight is 268 g/mol. The third-order valence-electron chi connectivity index (χ3n) is 5.52. The summed E-state index contributed by atoms with van der Waals surface area (Å²) in [5.74, 6) is 1.74. The number of likely N-dealkylation sites (tertiary alicyclic amines) is 1. The molecule has 0 aliphatic carbocycles. The lowest BCUT2D eigenvalue weighted by Gasteiger charge is -2.50. The zero-order chi connectivity index (χ0) is 13.9. The molecule has 0 radical (unpaired) electrons. The molecule has 0 saturated carbocycles. The highest BCUT2D eigenvalue weighted by molar-refractivity contribution is 4.97. The van der Waals surface area contributed by atoms with Crippen LogP contribution < -0.4 is 5.73 Å². The van der Waals surface area contributed by atoms with Crippen LogP contribution in [0.25, 0.3) is 0 Å². The molecule has 2 aliphatic rings. The van der Waals surface area contributed by atoms with Crippen LogP contribution in [0, 0.1) is 11.8 Å². The molecule has 2 aliphatic heterocycles. The number of ether oxygens (including phenoxy) is 1. The number of piperidine rings is 1. The van der Waals surface area contributed by atoms with Gasteiger partial charge in [0.05, 0.1) is 6.10 Å². The maximum atomic E-state index is 6.18. The van der Waals surface area contributed by atoms with Crippen molar-refractivity contribution < 1.29 is 4.74 Å². The molecule has 2 saturated heterocycles. The molecule has 2 heterocycles. The van der Waals surface area contributed by atoms with Crippen LogP contribution in [-0.2, 0) is 4.74 Å². The van der Waals surface area contributed by atoms with E-state index in [-0.39, 0.29) is 5.54 Å². The van der Waals surface area contributed by atoms with Crippen LogP contribution in [0.4, 0.5) is 0 Å². The molecule has 2 atom stereocenters. The Bertz CT molecular complexity index is 274. The Morgan fingerprint density at radius 3 is 2.53 bits per heavy atom. The van der Waals surface area contributed by atoms with E-state index in [1.807, 2.05) is 0 Å². The predicted octanol–water partition coefficient (Wildman–Crippen LogP) is 2.64. The third-order valence-corrected chi connectivity index (χ3v) is 5.52. The van der Waals surface area contributed by atoms with Crippen LogP contribution in [0.2, 0.25) is 0 Å². The first kappa shape index (κ1) is 15.3. The van der Waals surface area contributed by atoms with Gasteiger partial charge in [-0.3, -0.25) is 4.90 Å². The van der Waals surface area contributed by atoms with E-state index >= 15 is 0 Å². The quantitative estimate of drug-likeness (QED) is 0.852. The second-order valence-corrected chi connectivity index (χ2v) is 6.85. The van der Waals surface area contributed by atoms with Gasteiger partial charge in [0.2, 0.25) is 0 Å². The van der Waals surface area contributed by atoms with Gasteiger partial charge in [-0.25, -0.2) is 0 Å². The molecule has 0 amide bonds. The van der Waals surface area contributed by atoms with Crippen LogP contribution in [0.3, 0.4) is 0 Å². The fourth-order valence-electron chi connectivity index (χ4n) is 3.90. The highest BCUT2D eigenvalue weighted by Gasteiger charge is 2.41. The number of nitrogens with zero attached hydrogens (tertiary/aromatic N) is 1. The Morgan fingerprint density at radius 2 is 2.00 bits per heavy atom. The summed E-state index contributed by atoms with van der Waals surface area (Å²) in [6, 6.07) is 0. The summed E-state index contributed by atoms with van der Waals surface area (Å²) in [5, 5.41) is 0. The van der Waals surface area contributed by atoms with Crippen molar-refractivity contribution in [3.8, 4) is 0 Å². The van der Waals surface area contributed by atoms with Crippen molar-refractivity contribution >= 4 is 0 Å². The van der Waals surface area contributed by atoms with Crippen LogP contribution in [0.1, 0.15) is 52.9 Å². The van der Waals surface area contributed by atoms with Crippen LogP contribution in [-0.4, -0.2) is 42.8 Å². The normalized spacial score (nSPS) is 34.9. The second kappa shape index (κ2) is 6.55. The van der Waals surface area contributed by atoms with Crippen molar-refractivity contribution in [2.75, 3.05) is 26.2 Å². The van der Waals surface area contributed by atoms with Gasteiger partial charge >= 0.3 is 0 Å². The van der Waals surface area contributed by atoms with Crippen molar-refractivity contribution in [1.82, 2.24) is 4.90 Å². The molecule has 0 bridgehead atoms. The molecule has 2 rings (SSSR count). The van der Waals surface area contributed by atoms with E-state index in [2.05, 4.69) is 25.7 Å². The molecular formula is C16H32N2O. The van der Waals surface area contributed by atoms with E-state index in [1.165, 1.54) is 25.9 Å². The van der Waals surface area contributed by atoms with Crippen molar-refractivity contribution in [2.24, 2.45) is 17.6 Å². The highest BCUT2D eigenvalue weighted by atomic mass is 16.5. The Hall–Kier alpha value is -0.120. The Kier molecular flexibility index (Phi) is 5.27. The van der Waals surface area contributed by atoms with Gasteiger partial charge in [-0.2, -0.15) is 0 Å². The lowest BCUT2D eigenvalue weighted by Crippen LogP contribution is -2.60. The van der Waals surface area contributed by atoms with Crippen molar-refractivity contribution in [3.05, 3.63) is 0 Å². The van der Waals surface area contributed by atoms with E-state index in [4.69, 9.17) is 10.5 Å². The smallest absolute Gasteiger partial charge is 0.0590 e. The summed E-state index contributed by atoms with van der Waals surface area (Å²) < 4.78 is 5.85. The summed E-state index contributed by atoms with van der Waals surface area (Å²) in [4.78, 5) is 2.69. The molecule has 19 heavy (non-hydrogen) atoms. The lowest BCUT2D eigenvalue weighted by molar-refractivity contribution is -0.0812. The van der Waals surface area contributed by atoms with Gasteiger partial charge in [0.25, 0.3) is 0 Å². The molecule has 0 aromatic heterocycles. The Labute approximate surface area is 118 Å². The van der Waals surface area contributed by atoms with Gasteiger partial charge in [0.1, 0.15) is 0 Å². The second-order valence-electron chi connectivity index (χ2n) is 6.85. The molecule has 2 unspecified atom stereocenters. The molecule has 3 nitrogen and oxygen atoms in total. The van der Waals surface area contributed by atoms with Gasteiger partial charge in [0, 0.05) is 18.7 Å². The standard InChI is InChI=1S/C16H32N2O/c1-4-15-11-16(12-17,7-10-19-15)18-8-5-14(6-9-18)13(2)3/h13-15H,4-12,17H2,1-3H3. The fraction of sp³-hybridized carbons (Fsp3) is 1.00. The van der Waals surface area contributed by atoms with Gasteiger partial charge < -0.3 is 10.5 Å². The number of hydrogen-bond acceptors (Lipinski definition) is 3. The monoisotopic (exact) mass is 268 g/mol. The lowest BCUT2D eigenvalue weighted by atomic mass is 9.80. The molecule has 0 aromatic carbocycles. The zero-order valence-electron chi connectivity index (χ0n) is 13.0. The van der Waals surface area contributed by atoms with Gasteiger partial charge in [-0.1, -0.05) is 20.8 Å². The van der Waals surface area contributed by atoms with E-state index < -0.39 is 0 Å². The summed E-state index contributed by atoms with van der Waals surface area (Å²) in [7, 11) is 0. The average Bonchev–Trinajstić information content (AvgIpc) is 2.47. The van der Waals surface area contributed by atoms with E-state index in [0.29, 0.717) is 6.10 Å². The number of nitrogens with two attached hydrogens (primary N) is 1. The predicted molar refractivity (Wildman–Crippen MR) is 80.2 cm³/mol. The molecule has 0 aromatic rings. The first-order chi connectivity index (χ1) is 9.11. The molecule has 112 valence electrons. The molecule has 2 fully saturated rings. The SMILES string of the molecule is CCC1CC(CN)(N2CCC(C(C)C)CC2)CCO1. The summed E-state index contributed by atoms with van der Waals surface area (Å²) in [5.41, 5.74) is 6.41. The maximum Gasteiger partial charge on any atom is 0.0590 e. The first-order valence-electron chi connectivity index (χ1n) is 8.18. The molecule has 3 heteroatoms. The summed E-state index contributed by atoms with van der Waals surface area (Å²) >= 11 is 0. The largest absolute Gasteiger partial charge is 0.378 e. The van der Waals surface area contributed by atoms with E-state index in [0.717, 1.165) is 44.2 Å². The van der Waals surface area contributed by atoms with Crippen LogP contribution >= 0.6 is 0 Å². The molecule has 2 N–H and O–H groups in total. The highest BCUT2D eigenvalue weighted by Crippen LogP contribution is 2.35. The molecule has 0 spiro atoms. The minimum absolute atomic E-state index is 0.223. The van der Waals surface area contributed by atoms with E-state index in [1.54, 1.807) is 0 Å². The molecular weight excluding hydrogens is 236 g/mol. The van der Waals surface area contributed by atoms with Gasteiger partial charge in [-0.05, 0) is 57.0 Å². The minimum Gasteiger partial charge on any atom is -0.378 e. The van der Waals surface area contributed by atoms with Crippen molar-refractivity contribution in [2.45, 2.75) is 64.5 Å². The Morgan fingerprint density at radius 1 is 1.32 bits per heavy atom. The topological polar surface area (TPSA) is 38.5 Å². The summed E-state index contributed by atoms with van der Waals surface area (Å²) in [6.07, 6.45) is 6.47. The third kappa shape index (κ3) is 3.32. The maximum absolute atomic E-state index is 6.18. The van der Waals surface area contributed by atoms with Crippen LogP contribution in [0.15, 0.2) is 0 Å². The minimum atomic E-state index is 0.223. The number of hydrogen-bond donors (Lipinski definition) is 1. The zero-order valence-corrected chi connectivity index (χ0v) is 13.0. The van der Waals surface area contributed by atoms with Crippen molar-refractivity contribution in [1.29, 1.82) is 0 Å². The van der Waals surface area contributed by atoms with Crippen LogP contribution in [0.5, 0.6) is 0 Å². The summed E-state index contributed by atoms with van der Waals surface area (Å²) in [6.45, 7) is 11.1. The van der Waals surface area contributed by atoms with Gasteiger partial charge in [0.15, 0.2) is 0 Å².